The van der Waals surface area contributed by atoms with Gasteiger partial charge >= 0.3 is 0 Å². The van der Waals surface area contributed by atoms with Crippen LogP contribution in [0.25, 0.3) is 11.3 Å². The molecule has 6 heteroatoms. The molecular weight excluding hydrogens is 262 g/mol. The number of anilines is 2. The van der Waals surface area contributed by atoms with Gasteiger partial charge in [0.1, 0.15) is 5.75 Å². The summed E-state index contributed by atoms with van der Waals surface area (Å²) in [6.07, 6.45) is 0.239. The summed E-state index contributed by atoms with van der Waals surface area (Å²) in [5, 5.41) is 5.27. The lowest BCUT2D eigenvalue weighted by atomic mass is 10.1. The highest BCUT2D eigenvalue weighted by molar-refractivity contribution is 7.13. The van der Waals surface area contributed by atoms with Crippen molar-refractivity contribution in [2.24, 2.45) is 0 Å². The Kier molecular flexibility index (Phi) is 2.87. The first-order chi connectivity index (χ1) is 9.17. The molecule has 1 unspecified atom stereocenters. The number of nitrogens with one attached hydrogen (secondary N) is 1. The van der Waals surface area contributed by atoms with E-state index in [4.69, 9.17) is 10.5 Å². The normalized spacial score (nSPS) is 17.5. The molecule has 0 saturated heterocycles. The highest BCUT2D eigenvalue weighted by Crippen LogP contribution is 2.34. The second-order valence-corrected chi connectivity index (χ2v) is 5.18. The number of thiazole rings is 1. The number of benzene rings is 1. The molecule has 0 aliphatic carbocycles. The lowest BCUT2D eigenvalue weighted by molar-refractivity contribution is -0.123. The zero-order valence-corrected chi connectivity index (χ0v) is 11.2. The monoisotopic (exact) mass is 275 g/mol. The summed E-state index contributed by atoms with van der Waals surface area (Å²) in [6.45, 7) is 1.92. The fourth-order valence-corrected chi connectivity index (χ4v) is 2.57. The lowest BCUT2D eigenvalue weighted by Crippen LogP contribution is -2.36. The molecule has 0 bridgehead atoms. The molecule has 2 aromatic rings. The van der Waals surface area contributed by atoms with Gasteiger partial charge in [0.05, 0.1) is 11.4 Å². The van der Waals surface area contributed by atoms with Gasteiger partial charge in [-0.25, -0.2) is 4.98 Å². The van der Waals surface area contributed by atoms with Gasteiger partial charge in [-0.05, 0) is 24.6 Å². The van der Waals surface area contributed by atoms with Crippen molar-refractivity contribution < 1.29 is 9.53 Å². The van der Waals surface area contributed by atoms with Gasteiger partial charge in [-0.15, -0.1) is 11.3 Å². The van der Waals surface area contributed by atoms with Crippen molar-refractivity contribution in [3.63, 3.8) is 0 Å². The molecule has 0 fully saturated rings. The van der Waals surface area contributed by atoms with Gasteiger partial charge in [0.25, 0.3) is 5.91 Å². The Morgan fingerprint density at radius 3 is 3.05 bits per heavy atom. The van der Waals surface area contributed by atoms with E-state index in [9.17, 15) is 4.79 Å². The standard InChI is InChI=1S/C13H13N3O2S/c1-2-10-12(17)15-8-5-7(3-4-11(8)18-10)9-6-19-13(14)16-9/h3-6,10H,2H2,1H3,(H2,14,16)(H,15,17). The van der Waals surface area contributed by atoms with Crippen LogP contribution in [0.1, 0.15) is 13.3 Å². The topological polar surface area (TPSA) is 77.2 Å². The van der Waals surface area contributed by atoms with Gasteiger partial charge in [-0.1, -0.05) is 6.92 Å². The number of ether oxygens (including phenoxy) is 1. The number of nitrogens with two attached hydrogens (primary N) is 1. The molecule has 1 amide bonds. The van der Waals surface area contributed by atoms with E-state index in [1.165, 1.54) is 11.3 Å². The molecule has 1 aromatic carbocycles. The van der Waals surface area contributed by atoms with Crippen molar-refractivity contribution in [2.75, 3.05) is 11.1 Å². The molecule has 1 atom stereocenters. The van der Waals surface area contributed by atoms with Gasteiger partial charge in [0.2, 0.25) is 0 Å². The average molecular weight is 275 g/mol. The van der Waals surface area contributed by atoms with Gasteiger partial charge in [0.15, 0.2) is 11.2 Å². The van der Waals surface area contributed by atoms with E-state index in [2.05, 4.69) is 10.3 Å². The number of amides is 1. The molecule has 0 radical (unpaired) electrons. The van der Waals surface area contributed by atoms with Crippen molar-refractivity contribution in [1.82, 2.24) is 4.98 Å². The van der Waals surface area contributed by atoms with E-state index < -0.39 is 6.10 Å². The quantitative estimate of drug-likeness (QED) is 0.882. The summed E-state index contributed by atoms with van der Waals surface area (Å²) in [5.41, 5.74) is 8.02. The number of fused-ring (bicyclic) bond motifs is 1. The third-order valence-corrected chi connectivity index (χ3v) is 3.66. The fourth-order valence-electron chi connectivity index (χ4n) is 2.00. The smallest absolute Gasteiger partial charge is 0.265 e. The molecule has 2 heterocycles. The van der Waals surface area contributed by atoms with Crippen molar-refractivity contribution >= 4 is 28.1 Å². The number of hydrogen-bond donors (Lipinski definition) is 2. The second-order valence-electron chi connectivity index (χ2n) is 4.29. The van der Waals surface area contributed by atoms with Crippen LogP contribution in [0.15, 0.2) is 23.6 Å². The molecule has 1 aliphatic rings. The number of hydrogen-bond acceptors (Lipinski definition) is 5. The minimum Gasteiger partial charge on any atom is -0.478 e. The SMILES string of the molecule is CCC1Oc2ccc(-c3csc(N)n3)cc2NC1=O. The number of aromatic nitrogens is 1. The molecule has 0 saturated carbocycles. The van der Waals surface area contributed by atoms with Gasteiger partial charge in [0, 0.05) is 10.9 Å². The van der Waals surface area contributed by atoms with Crippen molar-refractivity contribution in [3.05, 3.63) is 23.6 Å². The van der Waals surface area contributed by atoms with E-state index >= 15 is 0 Å². The van der Waals surface area contributed by atoms with Gasteiger partial charge in [-0.3, -0.25) is 4.79 Å². The first kappa shape index (κ1) is 12.0. The maximum absolute atomic E-state index is 11.8. The van der Waals surface area contributed by atoms with Crippen LogP contribution in [0.2, 0.25) is 0 Å². The molecule has 3 rings (SSSR count). The van der Waals surface area contributed by atoms with E-state index in [0.717, 1.165) is 11.3 Å². The molecule has 1 aliphatic heterocycles. The summed E-state index contributed by atoms with van der Waals surface area (Å²) in [7, 11) is 0. The van der Waals surface area contributed by atoms with Crippen molar-refractivity contribution in [2.45, 2.75) is 19.4 Å². The van der Waals surface area contributed by atoms with Crippen molar-refractivity contribution in [3.8, 4) is 17.0 Å². The van der Waals surface area contributed by atoms with Crippen LogP contribution >= 0.6 is 11.3 Å². The van der Waals surface area contributed by atoms with Crippen LogP contribution in [-0.2, 0) is 4.79 Å². The predicted molar refractivity (Wildman–Crippen MR) is 75.3 cm³/mol. The largest absolute Gasteiger partial charge is 0.478 e. The van der Waals surface area contributed by atoms with Crippen LogP contribution in [0, 0.1) is 0 Å². The minimum absolute atomic E-state index is 0.107. The van der Waals surface area contributed by atoms with E-state index in [0.29, 0.717) is 23.0 Å². The van der Waals surface area contributed by atoms with Gasteiger partial charge in [-0.2, -0.15) is 0 Å². The molecule has 0 spiro atoms. The maximum Gasteiger partial charge on any atom is 0.265 e. The van der Waals surface area contributed by atoms with Crippen LogP contribution in [0.3, 0.4) is 0 Å². The van der Waals surface area contributed by atoms with E-state index in [-0.39, 0.29) is 5.91 Å². The first-order valence-corrected chi connectivity index (χ1v) is 6.88. The molecule has 19 heavy (non-hydrogen) atoms. The predicted octanol–water partition coefficient (Wildman–Crippen LogP) is 2.50. The Hall–Kier alpha value is -2.08. The van der Waals surface area contributed by atoms with Crippen LogP contribution < -0.4 is 15.8 Å². The van der Waals surface area contributed by atoms with Crippen molar-refractivity contribution in [1.29, 1.82) is 0 Å². The minimum atomic E-state index is -0.409. The zero-order valence-electron chi connectivity index (χ0n) is 10.3. The number of nitrogens with zero attached hydrogens (tertiary/aromatic N) is 1. The summed E-state index contributed by atoms with van der Waals surface area (Å²) in [5.74, 6) is 0.586. The third kappa shape index (κ3) is 2.15. The third-order valence-electron chi connectivity index (χ3n) is 2.99. The van der Waals surface area contributed by atoms with Crippen LogP contribution in [-0.4, -0.2) is 17.0 Å². The van der Waals surface area contributed by atoms with Crippen LogP contribution in [0.5, 0.6) is 5.75 Å². The Labute approximate surface area is 114 Å². The zero-order chi connectivity index (χ0) is 13.4. The lowest BCUT2D eigenvalue weighted by Gasteiger charge is -2.25. The summed E-state index contributed by atoms with van der Waals surface area (Å²) >= 11 is 1.39. The van der Waals surface area contributed by atoms with Gasteiger partial charge < -0.3 is 15.8 Å². The Balaban J connectivity index is 1.97. The highest BCUT2D eigenvalue weighted by atomic mass is 32.1. The molecule has 1 aromatic heterocycles. The average Bonchev–Trinajstić information content (AvgIpc) is 2.84. The molecular formula is C13H13N3O2S. The molecule has 5 nitrogen and oxygen atoms in total. The summed E-state index contributed by atoms with van der Waals surface area (Å²) < 4.78 is 5.63. The van der Waals surface area contributed by atoms with E-state index in [1.54, 1.807) is 0 Å². The number of carbonyl (C=O) groups excluding carboxylic acids is 1. The summed E-state index contributed by atoms with van der Waals surface area (Å²) in [6, 6.07) is 5.62. The van der Waals surface area contributed by atoms with E-state index in [1.807, 2.05) is 30.5 Å². The summed E-state index contributed by atoms with van der Waals surface area (Å²) in [4.78, 5) is 16.0. The maximum atomic E-state index is 11.8. The number of carbonyl (C=O) groups is 1. The number of nitrogen functional groups attached to an aromatic ring is 1. The first-order valence-electron chi connectivity index (χ1n) is 6.00. The Morgan fingerprint density at radius 2 is 2.37 bits per heavy atom. The second kappa shape index (κ2) is 4.55. The highest BCUT2D eigenvalue weighted by Gasteiger charge is 2.26. The fraction of sp³-hybridized carbons (Fsp3) is 0.231. The molecule has 98 valence electrons. The molecule has 3 N–H and O–H groups in total. The number of rotatable bonds is 2. The Morgan fingerprint density at radius 1 is 1.53 bits per heavy atom. The van der Waals surface area contributed by atoms with Crippen LogP contribution in [0.4, 0.5) is 10.8 Å². The Bertz CT molecular complexity index is 639.